The zero-order valence-corrected chi connectivity index (χ0v) is 5.54. The van der Waals surface area contributed by atoms with Gasteiger partial charge in [0.1, 0.15) is 0 Å². The Bertz CT molecular complexity index is 211. The average Bonchev–Trinajstić information content (AvgIpc) is 1.92. The maximum absolute atomic E-state index is 10.7. The maximum atomic E-state index is 10.7. The van der Waals surface area contributed by atoms with Crippen molar-refractivity contribution in [1.82, 2.24) is 0 Å². The molecule has 0 aromatic carbocycles. The molecule has 0 aliphatic heterocycles. The highest BCUT2D eigenvalue weighted by Crippen LogP contribution is 1.98. The van der Waals surface area contributed by atoms with E-state index in [9.17, 15) is 9.59 Å². The lowest BCUT2D eigenvalue weighted by atomic mass is 10.1. The highest BCUT2D eigenvalue weighted by molar-refractivity contribution is 6.41. The molecule has 0 spiro atoms. The molecule has 1 aliphatic carbocycles. The average molecular weight is 136 g/mol. The van der Waals surface area contributed by atoms with Crippen molar-refractivity contribution >= 4 is 11.6 Å². The van der Waals surface area contributed by atoms with E-state index in [0.717, 1.165) is 0 Å². The van der Waals surface area contributed by atoms with Gasteiger partial charge in [0, 0.05) is 6.42 Å². The first-order chi connectivity index (χ1) is 4.80. The number of ketones is 2. The molecule has 10 heavy (non-hydrogen) atoms. The Labute approximate surface area is 59.2 Å². The minimum Gasteiger partial charge on any atom is -0.291 e. The van der Waals surface area contributed by atoms with Gasteiger partial charge in [0.25, 0.3) is 0 Å². The molecule has 0 heterocycles. The van der Waals surface area contributed by atoms with Crippen molar-refractivity contribution in [2.75, 3.05) is 0 Å². The second kappa shape index (κ2) is 3.11. The normalized spacial score (nSPS) is 18.8. The summed E-state index contributed by atoms with van der Waals surface area (Å²) in [6.07, 6.45) is 7.58. The Morgan fingerprint density at radius 2 is 2.00 bits per heavy atom. The Kier molecular flexibility index (Phi) is 2.15. The van der Waals surface area contributed by atoms with E-state index in [0.29, 0.717) is 12.8 Å². The summed E-state index contributed by atoms with van der Waals surface area (Å²) >= 11 is 0. The molecular weight excluding hydrogens is 128 g/mol. The van der Waals surface area contributed by atoms with Crippen LogP contribution < -0.4 is 0 Å². The molecule has 2 nitrogen and oxygen atoms in total. The molecule has 52 valence electrons. The van der Waals surface area contributed by atoms with Crippen LogP contribution in [-0.2, 0) is 9.59 Å². The number of rotatable bonds is 0. The molecule has 1 aliphatic rings. The molecule has 2 heteroatoms. The van der Waals surface area contributed by atoms with Gasteiger partial charge in [0.2, 0.25) is 11.6 Å². The van der Waals surface area contributed by atoms with Crippen molar-refractivity contribution in [3.8, 4) is 0 Å². The molecule has 0 saturated heterocycles. The fraction of sp³-hybridized carbons (Fsp3) is 0.250. The van der Waals surface area contributed by atoms with Gasteiger partial charge in [0.05, 0.1) is 0 Å². The largest absolute Gasteiger partial charge is 0.291 e. The van der Waals surface area contributed by atoms with E-state index in [4.69, 9.17) is 0 Å². The summed E-state index contributed by atoms with van der Waals surface area (Å²) in [5, 5.41) is 0. The van der Waals surface area contributed by atoms with Crippen molar-refractivity contribution in [1.29, 1.82) is 0 Å². The van der Waals surface area contributed by atoms with E-state index in [1.54, 1.807) is 12.2 Å². The number of hydrogen-bond donors (Lipinski definition) is 0. The fourth-order valence-electron chi connectivity index (χ4n) is 0.748. The molecule has 0 aromatic heterocycles. The van der Waals surface area contributed by atoms with Crippen LogP contribution in [0.3, 0.4) is 0 Å². The van der Waals surface area contributed by atoms with Gasteiger partial charge in [-0.05, 0) is 12.5 Å². The lowest BCUT2D eigenvalue weighted by Gasteiger charge is -1.93. The first-order valence-corrected chi connectivity index (χ1v) is 3.21. The summed E-state index contributed by atoms with van der Waals surface area (Å²) in [4.78, 5) is 21.4. The van der Waals surface area contributed by atoms with Crippen LogP contribution in [0.4, 0.5) is 0 Å². The van der Waals surface area contributed by atoms with Crippen LogP contribution in [0.5, 0.6) is 0 Å². The second-order valence-electron chi connectivity index (χ2n) is 2.11. The summed E-state index contributed by atoms with van der Waals surface area (Å²) < 4.78 is 0. The number of allylic oxidation sites excluding steroid dienone is 4. The van der Waals surface area contributed by atoms with Crippen molar-refractivity contribution in [3.05, 3.63) is 24.3 Å². The summed E-state index contributed by atoms with van der Waals surface area (Å²) in [5.74, 6) is -0.676. The summed E-state index contributed by atoms with van der Waals surface area (Å²) in [6.45, 7) is 0. The predicted molar refractivity (Wildman–Crippen MR) is 37.5 cm³/mol. The molecule has 0 aromatic rings. The monoisotopic (exact) mass is 136 g/mol. The van der Waals surface area contributed by atoms with Gasteiger partial charge in [-0.15, -0.1) is 0 Å². The quantitative estimate of drug-likeness (QED) is 0.466. The molecule has 1 rings (SSSR count). The minimum absolute atomic E-state index is 0.291. The van der Waals surface area contributed by atoms with Gasteiger partial charge < -0.3 is 0 Å². The Hall–Kier alpha value is -1.18. The first-order valence-electron chi connectivity index (χ1n) is 3.21. The van der Waals surface area contributed by atoms with Gasteiger partial charge in [-0.2, -0.15) is 0 Å². The van der Waals surface area contributed by atoms with Crippen LogP contribution in [-0.4, -0.2) is 11.6 Å². The van der Waals surface area contributed by atoms with Crippen LogP contribution in [0, 0.1) is 0 Å². The third kappa shape index (κ3) is 1.65. The van der Waals surface area contributed by atoms with E-state index in [2.05, 4.69) is 0 Å². The minimum atomic E-state index is -0.385. The summed E-state index contributed by atoms with van der Waals surface area (Å²) in [6, 6.07) is 0. The van der Waals surface area contributed by atoms with E-state index in [1.807, 2.05) is 6.08 Å². The SMILES string of the molecule is O=C1C=CC=CCCC1=O. The zero-order valence-electron chi connectivity index (χ0n) is 5.54. The summed E-state index contributed by atoms with van der Waals surface area (Å²) in [5.41, 5.74) is 0. The lowest BCUT2D eigenvalue weighted by molar-refractivity contribution is -0.133. The van der Waals surface area contributed by atoms with Crippen LogP contribution in [0.1, 0.15) is 12.8 Å². The van der Waals surface area contributed by atoms with Crippen molar-refractivity contribution in [2.45, 2.75) is 12.8 Å². The standard InChI is InChI=1S/C8H8O2/c9-7-5-3-1-2-4-6-8(7)10/h1-3,5H,4,6H2. The van der Waals surface area contributed by atoms with Gasteiger partial charge in [0.15, 0.2) is 0 Å². The van der Waals surface area contributed by atoms with Crippen LogP contribution in [0.15, 0.2) is 24.3 Å². The van der Waals surface area contributed by atoms with Gasteiger partial charge in [-0.1, -0.05) is 18.2 Å². The van der Waals surface area contributed by atoms with E-state index in [1.165, 1.54) is 6.08 Å². The molecule has 0 fully saturated rings. The number of hydrogen-bond acceptors (Lipinski definition) is 2. The second-order valence-corrected chi connectivity index (χ2v) is 2.11. The van der Waals surface area contributed by atoms with Crippen molar-refractivity contribution in [2.24, 2.45) is 0 Å². The van der Waals surface area contributed by atoms with Crippen LogP contribution in [0.25, 0.3) is 0 Å². The molecule has 0 atom stereocenters. The number of carbonyl (C=O) groups is 2. The van der Waals surface area contributed by atoms with Gasteiger partial charge in [-0.3, -0.25) is 9.59 Å². The smallest absolute Gasteiger partial charge is 0.221 e. The van der Waals surface area contributed by atoms with Gasteiger partial charge in [-0.25, -0.2) is 0 Å². The zero-order chi connectivity index (χ0) is 7.40. The molecule has 0 unspecified atom stereocenters. The van der Waals surface area contributed by atoms with E-state index >= 15 is 0 Å². The lowest BCUT2D eigenvalue weighted by Crippen LogP contribution is -2.10. The first kappa shape index (κ1) is 6.93. The topological polar surface area (TPSA) is 34.1 Å². The Balaban J connectivity index is 2.73. The van der Waals surface area contributed by atoms with Gasteiger partial charge >= 0.3 is 0 Å². The molecule has 0 radical (unpaired) electrons. The Morgan fingerprint density at radius 1 is 1.20 bits per heavy atom. The van der Waals surface area contributed by atoms with Crippen molar-refractivity contribution in [3.63, 3.8) is 0 Å². The maximum Gasteiger partial charge on any atom is 0.221 e. The van der Waals surface area contributed by atoms with Crippen LogP contribution >= 0.6 is 0 Å². The molecule has 0 amide bonds. The van der Waals surface area contributed by atoms with E-state index in [-0.39, 0.29) is 11.6 Å². The highest BCUT2D eigenvalue weighted by atomic mass is 16.2. The highest BCUT2D eigenvalue weighted by Gasteiger charge is 2.08. The number of Topliss-reactive ketones (excluding diaryl/α,β-unsaturated/α-hetero) is 1. The molecule has 0 N–H and O–H groups in total. The molecular formula is C8H8O2. The van der Waals surface area contributed by atoms with E-state index < -0.39 is 0 Å². The van der Waals surface area contributed by atoms with Crippen LogP contribution in [0.2, 0.25) is 0 Å². The number of carbonyl (C=O) groups excluding carboxylic acids is 2. The molecule has 0 bridgehead atoms. The van der Waals surface area contributed by atoms with Crippen molar-refractivity contribution < 1.29 is 9.59 Å². The third-order valence-electron chi connectivity index (χ3n) is 1.31. The fourth-order valence-corrected chi connectivity index (χ4v) is 0.748. The predicted octanol–water partition coefficient (Wildman–Crippen LogP) is 1.03. The summed E-state index contributed by atoms with van der Waals surface area (Å²) in [7, 11) is 0. The molecule has 0 saturated carbocycles. The Morgan fingerprint density at radius 3 is 2.80 bits per heavy atom. The third-order valence-corrected chi connectivity index (χ3v) is 1.31.